The molecule has 0 saturated carbocycles. The quantitative estimate of drug-likeness (QED) is 0.461. The molecule has 2 heterocycles. The Labute approximate surface area is 203 Å². The number of sulfonamides is 1. The molecule has 0 atom stereocenters. The monoisotopic (exact) mass is 501 g/mol. The SMILES string of the molecule is C=CCn1c(=NC(=O)C2CCN(S(=O)(=O)c3ccc(F)cc3)CC2)sc2cc(C(C)C)ccc21. The highest BCUT2D eigenvalue weighted by Crippen LogP contribution is 2.26. The Morgan fingerprint density at radius 1 is 1.21 bits per heavy atom. The van der Waals surface area contributed by atoms with Gasteiger partial charge in [-0.3, -0.25) is 4.79 Å². The average Bonchev–Trinajstić information content (AvgIpc) is 3.15. The number of nitrogens with zero attached hydrogens (tertiary/aromatic N) is 3. The number of fused-ring (bicyclic) bond motifs is 1. The van der Waals surface area contributed by atoms with Gasteiger partial charge in [-0.1, -0.05) is 37.3 Å². The van der Waals surface area contributed by atoms with Gasteiger partial charge in [0.1, 0.15) is 5.82 Å². The second-order valence-electron chi connectivity index (χ2n) is 8.75. The highest BCUT2D eigenvalue weighted by molar-refractivity contribution is 7.89. The standard InChI is InChI=1S/C25H28FN3O3S2/c1-4-13-29-22-10-5-19(17(2)3)16-23(22)33-25(29)27-24(30)18-11-14-28(15-12-18)34(31,32)21-8-6-20(26)7-9-21/h4-10,16-18H,1,11-15H2,2-3H3. The zero-order valence-corrected chi connectivity index (χ0v) is 20.9. The van der Waals surface area contributed by atoms with Crippen molar-refractivity contribution in [1.29, 1.82) is 0 Å². The van der Waals surface area contributed by atoms with Gasteiger partial charge in [0, 0.05) is 25.6 Å². The Morgan fingerprint density at radius 3 is 2.50 bits per heavy atom. The second kappa shape index (κ2) is 9.93. The van der Waals surface area contributed by atoms with Gasteiger partial charge in [0.2, 0.25) is 10.0 Å². The molecular formula is C25H28FN3O3S2. The number of hydrogen-bond donors (Lipinski definition) is 0. The maximum atomic E-state index is 13.2. The van der Waals surface area contributed by atoms with Crippen LogP contribution in [0.1, 0.15) is 38.2 Å². The van der Waals surface area contributed by atoms with Crippen molar-refractivity contribution in [1.82, 2.24) is 8.87 Å². The van der Waals surface area contributed by atoms with Crippen LogP contribution < -0.4 is 4.80 Å². The molecule has 0 spiro atoms. The summed E-state index contributed by atoms with van der Waals surface area (Å²) in [5.41, 5.74) is 2.24. The number of carbonyl (C=O) groups is 1. The molecule has 180 valence electrons. The van der Waals surface area contributed by atoms with Gasteiger partial charge >= 0.3 is 0 Å². The van der Waals surface area contributed by atoms with E-state index in [4.69, 9.17) is 0 Å². The van der Waals surface area contributed by atoms with Crippen molar-refractivity contribution in [2.75, 3.05) is 13.1 Å². The number of carbonyl (C=O) groups excluding carboxylic acids is 1. The predicted molar refractivity (Wildman–Crippen MR) is 133 cm³/mol. The van der Waals surface area contributed by atoms with Crippen LogP contribution in [0.2, 0.25) is 0 Å². The third kappa shape index (κ3) is 4.92. The van der Waals surface area contributed by atoms with E-state index in [1.807, 2.05) is 4.57 Å². The number of hydrogen-bond acceptors (Lipinski definition) is 4. The lowest BCUT2D eigenvalue weighted by Gasteiger charge is -2.29. The molecule has 4 rings (SSSR count). The predicted octanol–water partition coefficient (Wildman–Crippen LogP) is 4.68. The number of aromatic nitrogens is 1. The molecule has 2 aromatic carbocycles. The summed E-state index contributed by atoms with van der Waals surface area (Å²) in [5, 5.41) is 0. The van der Waals surface area contributed by atoms with Crippen molar-refractivity contribution in [2.24, 2.45) is 10.9 Å². The molecule has 9 heteroatoms. The fourth-order valence-electron chi connectivity index (χ4n) is 4.12. The van der Waals surface area contributed by atoms with E-state index in [9.17, 15) is 17.6 Å². The van der Waals surface area contributed by atoms with Gasteiger partial charge in [-0.2, -0.15) is 9.30 Å². The van der Waals surface area contributed by atoms with Crippen molar-refractivity contribution < 1.29 is 17.6 Å². The van der Waals surface area contributed by atoms with E-state index >= 15 is 0 Å². The van der Waals surface area contributed by atoms with Crippen molar-refractivity contribution in [3.8, 4) is 0 Å². The van der Waals surface area contributed by atoms with Gasteiger partial charge in [-0.05, 0) is 60.7 Å². The van der Waals surface area contributed by atoms with Gasteiger partial charge in [0.15, 0.2) is 4.80 Å². The molecule has 0 aliphatic carbocycles. The summed E-state index contributed by atoms with van der Waals surface area (Å²) < 4.78 is 43.3. The molecule has 0 unspecified atom stereocenters. The lowest BCUT2D eigenvalue weighted by atomic mass is 9.98. The van der Waals surface area contributed by atoms with Crippen LogP contribution in [0.15, 0.2) is 65.0 Å². The minimum absolute atomic E-state index is 0.0554. The van der Waals surface area contributed by atoms with Gasteiger partial charge in [-0.15, -0.1) is 6.58 Å². The van der Waals surface area contributed by atoms with Crippen LogP contribution in [0.5, 0.6) is 0 Å². The molecule has 1 fully saturated rings. The Bertz CT molecular complexity index is 1380. The van der Waals surface area contributed by atoms with E-state index in [0.717, 1.165) is 22.3 Å². The third-order valence-electron chi connectivity index (χ3n) is 6.15. The van der Waals surface area contributed by atoms with E-state index in [2.05, 4.69) is 43.6 Å². The van der Waals surface area contributed by atoms with E-state index in [1.54, 1.807) is 6.08 Å². The number of benzene rings is 2. The van der Waals surface area contributed by atoms with Gasteiger partial charge < -0.3 is 4.57 Å². The normalized spacial score (nSPS) is 16.4. The summed E-state index contributed by atoms with van der Waals surface area (Å²) >= 11 is 1.48. The Hall–Kier alpha value is -2.62. The smallest absolute Gasteiger partial charge is 0.251 e. The zero-order chi connectivity index (χ0) is 24.5. The highest BCUT2D eigenvalue weighted by Gasteiger charge is 2.32. The first-order chi connectivity index (χ1) is 16.2. The van der Waals surface area contributed by atoms with Crippen molar-refractivity contribution in [2.45, 2.75) is 44.0 Å². The maximum Gasteiger partial charge on any atom is 0.251 e. The summed E-state index contributed by atoms with van der Waals surface area (Å²) in [6, 6.07) is 11.1. The number of piperidine rings is 1. The molecule has 1 saturated heterocycles. The Balaban J connectivity index is 1.54. The number of allylic oxidation sites excluding steroid dienone is 1. The first-order valence-corrected chi connectivity index (χ1v) is 13.5. The lowest BCUT2D eigenvalue weighted by Crippen LogP contribution is -2.40. The zero-order valence-electron chi connectivity index (χ0n) is 19.3. The van der Waals surface area contributed by atoms with E-state index in [0.29, 0.717) is 30.1 Å². The molecule has 0 bridgehead atoms. The fourth-order valence-corrected chi connectivity index (χ4v) is 6.69. The second-order valence-corrected chi connectivity index (χ2v) is 11.7. The summed E-state index contributed by atoms with van der Waals surface area (Å²) in [6.07, 6.45) is 2.57. The van der Waals surface area contributed by atoms with Crippen LogP contribution in [-0.2, 0) is 21.4 Å². The Morgan fingerprint density at radius 2 is 1.88 bits per heavy atom. The molecule has 1 amide bonds. The molecule has 1 aliphatic rings. The molecule has 1 aliphatic heterocycles. The van der Waals surface area contributed by atoms with Crippen LogP contribution >= 0.6 is 11.3 Å². The topological polar surface area (TPSA) is 71.7 Å². The maximum absolute atomic E-state index is 13.2. The minimum atomic E-state index is -3.72. The molecular weight excluding hydrogens is 473 g/mol. The largest absolute Gasteiger partial charge is 0.313 e. The third-order valence-corrected chi connectivity index (χ3v) is 9.10. The van der Waals surface area contributed by atoms with Crippen LogP contribution in [0.4, 0.5) is 4.39 Å². The van der Waals surface area contributed by atoms with Crippen molar-refractivity contribution in [3.63, 3.8) is 0 Å². The number of amides is 1. The van der Waals surface area contributed by atoms with Gasteiger partial charge in [-0.25, -0.2) is 12.8 Å². The summed E-state index contributed by atoms with van der Waals surface area (Å²) in [5.74, 6) is -0.654. The fraction of sp³-hybridized carbons (Fsp3) is 0.360. The van der Waals surface area contributed by atoms with E-state index < -0.39 is 15.8 Å². The van der Waals surface area contributed by atoms with Crippen LogP contribution in [0.3, 0.4) is 0 Å². The van der Waals surface area contributed by atoms with Crippen molar-refractivity contribution >= 4 is 37.5 Å². The van der Waals surface area contributed by atoms with Crippen LogP contribution in [0, 0.1) is 11.7 Å². The number of halogens is 1. The van der Waals surface area contributed by atoms with Crippen LogP contribution in [-0.4, -0.2) is 36.3 Å². The first-order valence-electron chi connectivity index (χ1n) is 11.3. The minimum Gasteiger partial charge on any atom is -0.313 e. The summed E-state index contributed by atoms with van der Waals surface area (Å²) in [4.78, 5) is 18.2. The Kier molecular flexibility index (Phi) is 7.16. The number of rotatable bonds is 6. The summed E-state index contributed by atoms with van der Waals surface area (Å²) in [7, 11) is -3.72. The molecule has 1 aromatic heterocycles. The average molecular weight is 502 g/mol. The lowest BCUT2D eigenvalue weighted by molar-refractivity contribution is -0.122. The molecule has 0 radical (unpaired) electrons. The molecule has 0 N–H and O–H groups in total. The van der Waals surface area contributed by atoms with Gasteiger partial charge in [0.05, 0.1) is 15.1 Å². The molecule has 3 aromatic rings. The molecule has 34 heavy (non-hydrogen) atoms. The molecule has 6 nitrogen and oxygen atoms in total. The highest BCUT2D eigenvalue weighted by atomic mass is 32.2. The summed E-state index contributed by atoms with van der Waals surface area (Å²) in [6.45, 7) is 9.11. The van der Waals surface area contributed by atoms with E-state index in [-0.39, 0.29) is 29.8 Å². The van der Waals surface area contributed by atoms with E-state index in [1.165, 1.54) is 33.3 Å². The van der Waals surface area contributed by atoms with Crippen molar-refractivity contribution in [3.05, 3.63) is 71.3 Å². The van der Waals surface area contributed by atoms with Gasteiger partial charge in [0.25, 0.3) is 5.91 Å². The van der Waals surface area contributed by atoms with Crippen LogP contribution in [0.25, 0.3) is 10.2 Å². The number of thiazole rings is 1. The first kappa shape index (κ1) is 24.5.